The van der Waals surface area contributed by atoms with E-state index >= 15 is 0 Å². The minimum absolute atomic E-state index is 0.0126. The molecule has 1 aliphatic heterocycles. The molecule has 5 heteroatoms. The van der Waals surface area contributed by atoms with Crippen LogP contribution in [-0.4, -0.2) is 24.2 Å². The molecule has 0 N–H and O–H groups in total. The number of nitro groups is 1. The summed E-state index contributed by atoms with van der Waals surface area (Å²) in [5.74, 6) is 0.357. The molecule has 0 aromatic heterocycles. The summed E-state index contributed by atoms with van der Waals surface area (Å²) in [5, 5.41) is 11.1. The number of benzene rings is 1. The molecule has 1 aromatic carbocycles. The topological polar surface area (TPSA) is 61.6 Å². The van der Waals surface area contributed by atoms with E-state index in [4.69, 9.17) is 9.47 Å². The average molecular weight is 263 g/mol. The molecule has 19 heavy (non-hydrogen) atoms. The van der Waals surface area contributed by atoms with Gasteiger partial charge in [0.15, 0.2) is 0 Å². The lowest BCUT2D eigenvalue weighted by Gasteiger charge is -2.18. The van der Waals surface area contributed by atoms with Gasteiger partial charge in [-0.3, -0.25) is 10.1 Å². The Hall–Kier alpha value is -1.88. The molecule has 1 aromatic rings. The maximum Gasteiger partial charge on any atom is 0.311 e. The molecule has 0 saturated carbocycles. The summed E-state index contributed by atoms with van der Waals surface area (Å²) in [4.78, 5) is 10.7. The van der Waals surface area contributed by atoms with Gasteiger partial charge in [-0.15, -0.1) is 0 Å². The second-order valence-electron chi connectivity index (χ2n) is 4.63. The Balaban J connectivity index is 2.49. The van der Waals surface area contributed by atoms with Gasteiger partial charge in [-0.25, -0.2) is 0 Å². The lowest BCUT2D eigenvalue weighted by Crippen LogP contribution is -2.11. The zero-order chi connectivity index (χ0) is 13.8. The number of para-hydroxylation sites is 1. The van der Waals surface area contributed by atoms with E-state index in [1.165, 1.54) is 6.07 Å². The standard InChI is InChI=1S/C14H17NO4/c1-10(2)19-14-12(11-6-8-18-9-7-11)4-3-5-13(14)15(16)17/h3-6,10H,7-9H2,1-2H3. The van der Waals surface area contributed by atoms with Crippen LogP contribution in [0.4, 0.5) is 5.69 Å². The summed E-state index contributed by atoms with van der Waals surface area (Å²) < 4.78 is 10.9. The highest BCUT2D eigenvalue weighted by Crippen LogP contribution is 2.37. The van der Waals surface area contributed by atoms with Gasteiger partial charge in [-0.2, -0.15) is 0 Å². The van der Waals surface area contributed by atoms with E-state index in [0.29, 0.717) is 19.0 Å². The van der Waals surface area contributed by atoms with Crippen molar-refractivity contribution in [3.8, 4) is 5.75 Å². The molecular weight excluding hydrogens is 246 g/mol. The summed E-state index contributed by atoms with van der Waals surface area (Å²) in [5.41, 5.74) is 1.86. The van der Waals surface area contributed by atoms with E-state index in [9.17, 15) is 10.1 Å². The van der Waals surface area contributed by atoms with E-state index in [1.54, 1.807) is 6.07 Å². The molecule has 0 radical (unpaired) electrons. The maximum atomic E-state index is 11.1. The van der Waals surface area contributed by atoms with Crippen LogP contribution in [0.5, 0.6) is 5.75 Å². The highest BCUT2D eigenvalue weighted by molar-refractivity contribution is 5.75. The van der Waals surface area contributed by atoms with E-state index < -0.39 is 4.92 Å². The molecule has 2 rings (SSSR count). The summed E-state index contributed by atoms with van der Waals surface area (Å²) in [6, 6.07) is 5.03. The molecule has 1 aliphatic rings. The van der Waals surface area contributed by atoms with Crippen molar-refractivity contribution < 1.29 is 14.4 Å². The van der Waals surface area contributed by atoms with Crippen molar-refractivity contribution in [1.82, 2.24) is 0 Å². The number of hydrogen-bond donors (Lipinski definition) is 0. The molecule has 0 bridgehead atoms. The first-order valence-corrected chi connectivity index (χ1v) is 6.31. The first-order chi connectivity index (χ1) is 9.09. The third-order valence-electron chi connectivity index (χ3n) is 2.85. The van der Waals surface area contributed by atoms with E-state index in [0.717, 1.165) is 17.6 Å². The SMILES string of the molecule is CC(C)Oc1c(C2=CCOCC2)cccc1[N+](=O)[O-]. The fourth-order valence-electron chi connectivity index (χ4n) is 2.05. The van der Waals surface area contributed by atoms with Crippen LogP contribution in [0.3, 0.4) is 0 Å². The lowest BCUT2D eigenvalue weighted by atomic mass is 9.99. The lowest BCUT2D eigenvalue weighted by molar-refractivity contribution is -0.386. The molecule has 5 nitrogen and oxygen atoms in total. The largest absolute Gasteiger partial charge is 0.484 e. The Morgan fingerprint density at radius 2 is 2.21 bits per heavy atom. The van der Waals surface area contributed by atoms with Crippen molar-refractivity contribution in [3.05, 3.63) is 40.0 Å². The molecule has 0 amide bonds. The molecule has 0 unspecified atom stereocenters. The highest BCUT2D eigenvalue weighted by Gasteiger charge is 2.22. The fraction of sp³-hybridized carbons (Fsp3) is 0.429. The highest BCUT2D eigenvalue weighted by atomic mass is 16.6. The van der Waals surface area contributed by atoms with Gasteiger partial charge in [-0.05, 0) is 25.8 Å². The van der Waals surface area contributed by atoms with Gasteiger partial charge in [0.2, 0.25) is 5.75 Å². The second kappa shape index (κ2) is 5.84. The van der Waals surface area contributed by atoms with Crippen LogP contribution in [0.2, 0.25) is 0 Å². The van der Waals surface area contributed by atoms with Crippen molar-refractivity contribution in [2.24, 2.45) is 0 Å². The maximum absolute atomic E-state index is 11.1. The van der Waals surface area contributed by atoms with Crippen LogP contribution in [0.15, 0.2) is 24.3 Å². The zero-order valence-corrected chi connectivity index (χ0v) is 11.1. The zero-order valence-electron chi connectivity index (χ0n) is 11.1. The van der Waals surface area contributed by atoms with Gasteiger partial charge in [0.1, 0.15) is 0 Å². The minimum atomic E-state index is -0.402. The third-order valence-corrected chi connectivity index (χ3v) is 2.85. The molecule has 0 saturated heterocycles. The summed E-state index contributed by atoms with van der Waals surface area (Å²) in [6.07, 6.45) is 2.59. The average Bonchev–Trinajstić information content (AvgIpc) is 2.39. The molecule has 102 valence electrons. The Morgan fingerprint density at radius 1 is 1.42 bits per heavy atom. The minimum Gasteiger partial charge on any atom is -0.484 e. The molecule has 0 atom stereocenters. The van der Waals surface area contributed by atoms with Gasteiger partial charge in [0.05, 0.1) is 24.2 Å². The molecule has 0 aliphatic carbocycles. The van der Waals surface area contributed by atoms with Crippen molar-refractivity contribution in [1.29, 1.82) is 0 Å². The number of nitrogens with zero attached hydrogens (tertiary/aromatic N) is 1. The predicted molar refractivity (Wildman–Crippen MR) is 72.3 cm³/mol. The first kappa shape index (κ1) is 13.5. The Morgan fingerprint density at radius 3 is 2.79 bits per heavy atom. The smallest absolute Gasteiger partial charge is 0.311 e. The summed E-state index contributed by atoms with van der Waals surface area (Å²) in [6.45, 7) is 4.90. The van der Waals surface area contributed by atoms with Crippen molar-refractivity contribution in [3.63, 3.8) is 0 Å². The Kier molecular flexibility index (Phi) is 4.16. The number of hydrogen-bond acceptors (Lipinski definition) is 4. The van der Waals surface area contributed by atoms with Crippen molar-refractivity contribution >= 4 is 11.3 Å². The Labute approximate surface area is 112 Å². The number of rotatable bonds is 4. The summed E-state index contributed by atoms with van der Waals surface area (Å²) in [7, 11) is 0. The predicted octanol–water partition coefficient (Wildman–Crippen LogP) is 3.19. The molecule has 0 spiro atoms. The molecule has 1 heterocycles. The third kappa shape index (κ3) is 3.12. The van der Waals surface area contributed by atoms with Crippen LogP contribution in [0.25, 0.3) is 5.57 Å². The molecular formula is C14H17NO4. The van der Waals surface area contributed by atoms with Gasteiger partial charge in [-0.1, -0.05) is 18.2 Å². The van der Waals surface area contributed by atoms with Gasteiger partial charge in [0, 0.05) is 11.6 Å². The van der Waals surface area contributed by atoms with Crippen LogP contribution in [0, 0.1) is 10.1 Å². The summed E-state index contributed by atoms with van der Waals surface area (Å²) >= 11 is 0. The first-order valence-electron chi connectivity index (χ1n) is 6.31. The monoisotopic (exact) mass is 263 g/mol. The second-order valence-corrected chi connectivity index (χ2v) is 4.63. The van der Waals surface area contributed by atoms with Crippen LogP contribution in [0.1, 0.15) is 25.8 Å². The van der Waals surface area contributed by atoms with Gasteiger partial charge >= 0.3 is 5.69 Å². The van der Waals surface area contributed by atoms with Crippen molar-refractivity contribution in [2.75, 3.05) is 13.2 Å². The Bertz CT molecular complexity index is 508. The number of nitro benzene ring substituents is 1. The van der Waals surface area contributed by atoms with E-state index in [-0.39, 0.29) is 11.8 Å². The van der Waals surface area contributed by atoms with Gasteiger partial charge in [0.25, 0.3) is 0 Å². The fourth-order valence-corrected chi connectivity index (χ4v) is 2.05. The van der Waals surface area contributed by atoms with E-state index in [2.05, 4.69) is 0 Å². The number of ether oxygens (including phenoxy) is 2. The van der Waals surface area contributed by atoms with Crippen LogP contribution in [-0.2, 0) is 4.74 Å². The van der Waals surface area contributed by atoms with E-state index in [1.807, 2.05) is 26.0 Å². The van der Waals surface area contributed by atoms with Gasteiger partial charge < -0.3 is 9.47 Å². The molecule has 0 fully saturated rings. The quantitative estimate of drug-likeness (QED) is 0.618. The van der Waals surface area contributed by atoms with Crippen LogP contribution < -0.4 is 4.74 Å². The van der Waals surface area contributed by atoms with Crippen molar-refractivity contribution in [2.45, 2.75) is 26.4 Å². The normalized spacial score (nSPS) is 15.2. The van der Waals surface area contributed by atoms with Crippen LogP contribution >= 0.6 is 0 Å².